The molecule has 0 amide bonds. The number of ether oxygens (including phenoxy) is 1. The molecule has 4 heteroatoms. The third-order valence-corrected chi connectivity index (χ3v) is 3.12. The average Bonchev–Trinajstić information content (AvgIpc) is 2.37. The maximum absolute atomic E-state index is 5.34. The van der Waals surface area contributed by atoms with Gasteiger partial charge in [0, 0.05) is 30.1 Å². The Morgan fingerprint density at radius 3 is 3.12 bits per heavy atom. The van der Waals surface area contributed by atoms with Gasteiger partial charge in [-0.1, -0.05) is 6.92 Å². The fraction of sp³-hybridized carbons (Fsp3) is 0.692. The van der Waals surface area contributed by atoms with Crippen LogP contribution in [0.2, 0.25) is 0 Å². The Bertz CT molecular complexity index is 368. The number of nitrogens with zero attached hydrogens (tertiary/aromatic N) is 2. The van der Waals surface area contributed by atoms with Crippen molar-refractivity contribution in [2.75, 3.05) is 13.2 Å². The maximum atomic E-state index is 5.34. The summed E-state index contributed by atoms with van der Waals surface area (Å²) in [6.45, 7) is 6.35. The Kier molecular flexibility index (Phi) is 4.45. The number of hydrogen-bond acceptors (Lipinski definition) is 4. The first-order chi connectivity index (χ1) is 8.35. The van der Waals surface area contributed by atoms with Crippen molar-refractivity contribution in [3.05, 3.63) is 23.3 Å². The van der Waals surface area contributed by atoms with Crippen LogP contribution in [-0.2, 0) is 17.8 Å². The highest BCUT2D eigenvalue weighted by atomic mass is 16.5. The Morgan fingerprint density at radius 2 is 2.35 bits per heavy atom. The lowest BCUT2D eigenvalue weighted by atomic mass is 9.92. The van der Waals surface area contributed by atoms with Crippen molar-refractivity contribution in [3.8, 4) is 0 Å². The monoisotopic (exact) mass is 235 g/mol. The van der Waals surface area contributed by atoms with Gasteiger partial charge >= 0.3 is 0 Å². The number of fused-ring (bicyclic) bond motifs is 1. The van der Waals surface area contributed by atoms with Gasteiger partial charge in [0.05, 0.1) is 0 Å². The third kappa shape index (κ3) is 3.01. The van der Waals surface area contributed by atoms with E-state index in [-0.39, 0.29) is 0 Å². The van der Waals surface area contributed by atoms with Crippen LogP contribution in [-0.4, -0.2) is 23.1 Å². The van der Waals surface area contributed by atoms with E-state index < -0.39 is 0 Å². The third-order valence-electron chi connectivity index (χ3n) is 3.12. The Hall–Kier alpha value is -1.00. The van der Waals surface area contributed by atoms with Crippen LogP contribution in [0, 0.1) is 0 Å². The van der Waals surface area contributed by atoms with Crippen molar-refractivity contribution < 1.29 is 4.74 Å². The van der Waals surface area contributed by atoms with E-state index in [0.29, 0.717) is 19.3 Å². The second kappa shape index (κ2) is 6.07. The molecule has 0 aromatic carbocycles. The normalized spacial score (nSPS) is 19.1. The molecule has 1 aromatic heterocycles. The summed E-state index contributed by atoms with van der Waals surface area (Å²) in [5.74, 6) is 0.808. The fourth-order valence-electron chi connectivity index (χ4n) is 2.31. The van der Waals surface area contributed by atoms with Gasteiger partial charge in [-0.15, -0.1) is 0 Å². The molecule has 0 spiro atoms. The Balaban J connectivity index is 2.14. The van der Waals surface area contributed by atoms with E-state index in [1.165, 1.54) is 24.1 Å². The number of rotatable bonds is 5. The van der Waals surface area contributed by atoms with Crippen LogP contribution < -0.4 is 5.32 Å². The zero-order valence-electron chi connectivity index (χ0n) is 10.7. The van der Waals surface area contributed by atoms with Gasteiger partial charge in [0.15, 0.2) is 5.82 Å². The largest absolute Gasteiger partial charge is 0.374 e. The van der Waals surface area contributed by atoms with Crippen LogP contribution in [0.4, 0.5) is 0 Å². The maximum Gasteiger partial charge on any atom is 0.154 e. The molecule has 1 aliphatic rings. The van der Waals surface area contributed by atoms with Gasteiger partial charge in [-0.3, -0.25) is 0 Å². The van der Waals surface area contributed by atoms with Crippen molar-refractivity contribution in [1.29, 1.82) is 0 Å². The minimum Gasteiger partial charge on any atom is -0.374 e. The molecule has 17 heavy (non-hydrogen) atoms. The first-order valence-electron chi connectivity index (χ1n) is 6.51. The number of nitrogens with one attached hydrogen (secondary N) is 1. The Labute approximate surface area is 103 Å². The summed E-state index contributed by atoms with van der Waals surface area (Å²) in [6.07, 6.45) is 5.44. The summed E-state index contributed by atoms with van der Waals surface area (Å²) in [5, 5.41) is 3.49. The molecule has 1 unspecified atom stereocenters. The van der Waals surface area contributed by atoms with Crippen LogP contribution in [0.5, 0.6) is 0 Å². The van der Waals surface area contributed by atoms with Gasteiger partial charge in [-0.05, 0) is 32.7 Å². The molecule has 4 nitrogen and oxygen atoms in total. The highest BCUT2D eigenvalue weighted by Crippen LogP contribution is 2.27. The van der Waals surface area contributed by atoms with Crippen LogP contribution in [0.3, 0.4) is 0 Å². The summed E-state index contributed by atoms with van der Waals surface area (Å²) in [5.41, 5.74) is 2.48. The van der Waals surface area contributed by atoms with E-state index in [0.717, 1.165) is 18.8 Å². The quantitative estimate of drug-likeness (QED) is 0.848. The van der Waals surface area contributed by atoms with Crippen molar-refractivity contribution in [1.82, 2.24) is 15.3 Å². The summed E-state index contributed by atoms with van der Waals surface area (Å²) in [7, 11) is 0. The molecule has 1 N–H and O–H groups in total. The first-order valence-corrected chi connectivity index (χ1v) is 6.51. The number of aromatic nitrogens is 2. The predicted molar refractivity (Wildman–Crippen MR) is 66.7 cm³/mol. The van der Waals surface area contributed by atoms with Gasteiger partial charge in [0.1, 0.15) is 6.61 Å². The van der Waals surface area contributed by atoms with Gasteiger partial charge < -0.3 is 10.1 Å². The average molecular weight is 235 g/mol. The van der Waals surface area contributed by atoms with Crippen LogP contribution in [0.25, 0.3) is 0 Å². The lowest BCUT2D eigenvalue weighted by molar-refractivity contribution is 0.128. The first kappa shape index (κ1) is 12.5. The standard InChI is InChI=1S/C13H21N3O/c1-3-14-11-6-5-7-12-10(11)8-15-13(16-12)9-17-4-2/h8,11,14H,3-7,9H2,1-2H3. The highest BCUT2D eigenvalue weighted by molar-refractivity contribution is 5.24. The summed E-state index contributed by atoms with van der Waals surface area (Å²) >= 11 is 0. The van der Waals surface area contributed by atoms with Gasteiger partial charge in [-0.25, -0.2) is 9.97 Å². The zero-order valence-corrected chi connectivity index (χ0v) is 10.7. The van der Waals surface area contributed by atoms with Gasteiger partial charge in [0.25, 0.3) is 0 Å². The Morgan fingerprint density at radius 1 is 1.47 bits per heavy atom. The molecule has 2 rings (SSSR count). The molecule has 0 aliphatic heterocycles. The number of aryl methyl sites for hydroxylation is 1. The van der Waals surface area contributed by atoms with Crippen LogP contribution >= 0.6 is 0 Å². The second-order valence-electron chi connectivity index (χ2n) is 4.33. The van der Waals surface area contributed by atoms with E-state index in [9.17, 15) is 0 Å². The minimum atomic E-state index is 0.435. The van der Waals surface area contributed by atoms with E-state index in [2.05, 4.69) is 22.2 Å². The lowest BCUT2D eigenvalue weighted by Gasteiger charge is -2.25. The molecule has 1 aromatic rings. The molecule has 0 bridgehead atoms. The van der Waals surface area contributed by atoms with E-state index in [1.807, 2.05) is 13.1 Å². The van der Waals surface area contributed by atoms with Gasteiger partial charge in [-0.2, -0.15) is 0 Å². The van der Waals surface area contributed by atoms with Gasteiger partial charge in [0.2, 0.25) is 0 Å². The smallest absolute Gasteiger partial charge is 0.154 e. The molecule has 0 saturated heterocycles. The second-order valence-corrected chi connectivity index (χ2v) is 4.33. The van der Waals surface area contributed by atoms with E-state index in [4.69, 9.17) is 4.74 Å². The molecule has 1 aliphatic carbocycles. The summed E-state index contributed by atoms with van der Waals surface area (Å²) in [4.78, 5) is 8.99. The van der Waals surface area contributed by atoms with E-state index >= 15 is 0 Å². The number of hydrogen-bond donors (Lipinski definition) is 1. The fourth-order valence-corrected chi connectivity index (χ4v) is 2.31. The van der Waals surface area contributed by atoms with Crippen molar-refractivity contribution in [3.63, 3.8) is 0 Å². The highest BCUT2D eigenvalue weighted by Gasteiger charge is 2.21. The topological polar surface area (TPSA) is 47.0 Å². The molecule has 0 fully saturated rings. The molecule has 94 valence electrons. The predicted octanol–water partition coefficient (Wildman–Crippen LogP) is 2.00. The lowest BCUT2D eigenvalue weighted by Crippen LogP contribution is -2.26. The molecule has 1 heterocycles. The van der Waals surface area contributed by atoms with Crippen molar-refractivity contribution >= 4 is 0 Å². The minimum absolute atomic E-state index is 0.435. The molecular weight excluding hydrogens is 214 g/mol. The SMILES string of the molecule is CCNC1CCCc2nc(COCC)ncc21. The summed E-state index contributed by atoms with van der Waals surface area (Å²) < 4.78 is 5.34. The molecular formula is C13H21N3O. The van der Waals surface area contributed by atoms with Crippen molar-refractivity contribution in [2.45, 2.75) is 45.8 Å². The summed E-state index contributed by atoms with van der Waals surface area (Å²) in [6, 6.07) is 0.435. The molecule has 0 saturated carbocycles. The van der Waals surface area contributed by atoms with E-state index in [1.54, 1.807) is 0 Å². The zero-order chi connectivity index (χ0) is 12.1. The van der Waals surface area contributed by atoms with Crippen LogP contribution in [0.1, 0.15) is 49.8 Å². The van der Waals surface area contributed by atoms with Crippen LogP contribution in [0.15, 0.2) is 6.20 Å². The van der Waals surface area contributed by atoms with Crippen molar-refractivity contribution in [2.24, 2.45) is 0 Å². The molecule has 1 atom stereocenters. The molecule has 0 radical (unpaired) electrons.